The third-order valence-electron chi connectivity index (χ3n) is 4.42. The van der Waals surface area contributed by atoms with Crippen LogP contribution in [-0.4, -0.2) is 62.3 Å². The van der Waals surface area contributed by atoms with Crippen molar-refractivity contribution in [3.63, 3.8) is 0 Å². The van der Waals surface area contributed by atoms with E-state index in [4.69, 9.17) is 0 Å². The van der Waals surface area contributed by atoms with Crippen molar-refractivity contribution >= 4 is 15.8 Å². The zero-order valence-electron chi connectivity index (χ0n) is 13.7. The highest BCUT2D eigenvalue weighted by molar-refractivity contribution is 7.91. The summed E-state index contributed by atoms with van der Waals surface area (Å²) in [5.41, 5.74) is 1.71. The fraction of sp³-hybridized carbons (Fsp3) is 0.733. The fourth-order valence-electron chi connectivity index (χ4n) is 3.53. The van der Waals surface area contributed by atoms with Crippen LogP contribution in [0.1, 0.15) is 31.0 Å². The maximum atomic E-state index is 12.6. The number of hydrogen-bond donors (Lipinski definition) is 0. The molecule has 0 saturated carbocycles. The first kappa shape index (κ1) is 15.7. The lowest BCUT2D eigenvalue weighted by Crippen LogP contribution is -2.35. The second kappa shape index (κ2) is 5.45. The number of nitrogens with zero attached hydrogens (tertiary/aromatic N) is 4. The Kier molecular flexibility index (Phi) is 3.89. The summed E-state index contributed by atoms with van der Waals surface area (Å²) in [6.07, 6.45) is 1.69. The van der Waals surface area contributed by atoms with Gasteiger partial charge in [0, 0.05) is 51.4 Å². The molecule has 0 bridgehead atoms. The standard InChI is InChI=1S/C15H24N4O2S/c1-10(2)6-19-7-12-13(8-19)22(20,21)9-11-5-16-15(18(3)4)17-14(11)12/h5,10,12-13H,6-9H2,1-4H3/t12-,13+/m0/s1. The molecule has 2 aliphatic rings. The minimum absolute atomic E-state index is 0.0193. The van der Waals surface area contributed by atoms with Crippen LogP contribution in [0.15, 0.2) is 6.20 Å². The van der Waals surface area contributed by atoms with Crippen molar-refractivity contribution in [1.29, 1.82) is 0 Å². The van der Waals surface area contributed by atoms with Crippen molar-refractivity contribution in [3.05, 3.63) is 17.5 Å². The smallest absolute Gasteiger partial charge is 0.225 e. The topological polar surface area (TPSA) is 66.4 Å². The summed E-state index contributed by atoms with van der Waals surface area (Å²) < 4.78 is 25.2. The molecular weight excluding hydrogens is 300 g/mol. The number of hydrogen-bond acceptors (Lipinski definition) is 6. The van der Waals surface area contributed by atoms with Crippen LogP contribution in [0.2, 0.25) is 0 Å². The Morgan fingerprint density at radius 2 is 2.09 bits per heavy atom. The Morgan fingerprint density at radius 1 is 1.36 bits per heavy atom. The predicted molar refractivity (Wildman–Crippen MR) is 86.8 cm³/mol. The maximum absolute atomic E-state index is 12.6. The second-order valence-corrected chi connectivity index (χ2v) is 9.26. The van der Waals surface area contributed by atoms with E-state index in [1.165, 1.54) is 0 Å². The quantitative estimate of drug-likeness (QED) is 0.823. The monoisotopic (exact) mass is 324 g/mol. The first-order valence-corrected chi connectivity index (χ1v) is 9.46. The SMILES string of the molecule is CC(C)CN1C[C@@H]2c3nc(N(C)C)ncc3CS(=O)(=O)[C@@H]2C1. The van der Waals surface area contributed by atoms with Gasteiger partial charge in [-0.15, -0.1) is 0 Å². The molecule has 2 aliphatic heterocycles. The Bertz CT molecular complexity index is 672. The molecule has 6 nitrogen and oxygen atoms in total. The molecule has 1 saturated heterocycles. The average Bonchev–Trinajstić information content (AvgIpc) is 2.82. The summed E-state index contributed by atoms with van der Waals surface area (Å²) in [6.45, 7) is 6.67. The lowest BCUT2D eigenvalue weighted by molar-refractivity contribution is 0.294. The minimum atomic E-state index is -3.11. The summed E-state index contributed by atoms with van der Waals surface area (Å²) in [5.74, 6) is 1.24. The molecule has 122 valence electrons. The molecule has 22 heavy (non-hydrogen) atoms. The van der Waals surface area contributed by atoms with Crippen LogP contribution in [0.3, 0.4) is 0 Å². The zero-order valence-corrected chi connectivity index (χ0v) is 14.5. The lowest BCUT2D eigenvalue weighted by atomic mass is 10.00. The molecule has 0 radical (unpaired) electrons. The van der Waals surface area contributed by atoms with Gasteiger partial charge in [0.05, 0.1) is 16.7 Å². The van der Waals surface area contributed by atoms with Crippen LogP contribution in [0.25, 0.3) is 0 Å². The van der Waals surface area contributed by atoms with E-state index in [2.05, 4.69) is 28.7 Å². The Hall–Kier alpha value is -1.21. The molecule has 0 amide bonds. The number of rotatable bonds is 3. The highest BCUT2D eigenvalue weighted by atomic mass is 32.2. The molecule has 7 heteroatoms. The second-order valence-electron chi connectivity index (χ2n) is 7.04. The molecule has 0 unspecified atom stereocenters. The third-order valence-corrected chi connectivity index (χ3v) is 6.53. The molecule has 3 rings (SSSR count). The van der Waals surface area contributed by atoms with Gasteiger partial charge in [0.1, 0.15) is 0 Å². The summed E-state index contributed by atoms with van der Waals surface area (Å²) in [5, 5.41) is -0.316. The van der Waals surface area contributed by atoms with E-state index in [1.807, 2.05) is 19.0 Å². The van der Waals surface area contributed by atoms with Crippen LogP contribution >= 0.6 is 0 Å². The van der Waals surface area contributed by atoms with E-state index >= 15 is 0 Å². The number of fused-ring (bicyclic) bond motifs is 3. The van der Waals surface area contributed by atoms with Crippen molar-refractivity contribution in [2.45, 2.75) is 30.8 Å². The lowest BCUT2D eigenvalue weighted by Gasteiger charge is -2.27. The van der Waals surface area contributed by atoms with Gasteiger partial charge in [-0.1, -0.05) is 13.8 Å². The van der Waals surface area contributed by atoms with E-state index in [1.54, 1.807) is 6.20 Å². The summed E-state index contributed by atoms with van der Waals surface area (Å²) in [6, 6.07) is 0. The molecule has 0 aromatic carbocycles. The highest BCUT2D eigenvalue weighted by Crippen LogP contribution is 2.39. The van der Waals surface area contributed by atoms with Gasteiger partial charge in [0.25, 0.3) is 0 Å². The predicted octanol–water partition coefficient (Wildman–Crippen LogP) is 0.895. The molecular formula is C15H24N4O2S. The summed E-state index contributed by atoms with van der Waals surface area (Å²) in [7, 11) is 0.692. The highest BCUT2D eigenvalue weighted by Gasteiger charge is 2.47. The van der Waals surface area contributed by atoms with Crippen molar-refractivity contribution in [3.8, 4) is 0 Å². The molecule has 2 atom stereocenters. The molecule has 0 aliphatic carbocycles. The molecule has 0 spiro atoms. The van der Waals surface area contributed by atoms with Crippen LogP contribution in [0.5, 0.6) is 0 Å². The van der Waals surface area contributed by atoms with Gasteiger partial charge >= 0.3 is 0 Å². The zero-order chi connectivity index (χ0) is 16.1. The van der Waals surface area contributed by atoms with Crippen molar-refractivity contribution in [2.75, 3.05) is 38.6 Å². The molecule has 1 aromatic heterocycles. The van der Waals surface area contributed by atoms with Crippen LogP contribution in [-0.2, 0) is 15.6 Å². The van der Waals surface area contributed by atoms with Crippen LogP contribution in [0.4, 0.5) is 5.95 Å². The van der Waals surface area contributed by atoms with Gasteiger partial charge in [0.15, 0.2) is 9.84 Å². The molecule has 0 N–H and O–H groups in total. The van der Waals surface area contributed by atoms with E-state index in [9.17, 15) is 8.42 Å². The molecule has 1 fully saturated rings. The van der Waals surface area contributed by atoms with Gasteiger partial charge in [-0.25, -0.2) is 18.4 Å². The van der Waals surface area contributed by atoms with E-state index in [0.29, 0.717) is 18.4 Å². The van der Waals surface area contributed by atoms with Crippen LogP contribution in [0, 0.1) is 5.92 Å². The van der Waals surface area contributed by atoms with Crippen molar-refractivity contribution in [2.24, 2.45) is 5.92 Å². The minimum Gasteiger partial charge on any atom is -0.347 e. The Morgan fingerprint density at radius 3 is 2.73 bits per heavy atom. The third kappa shape index (κ3) is 2.72. The molecule has 3 heterocycles. The van der Waals surface area contributed by atoms with E-state index in [-0.39, 0.29) is 16.9 Å². The van der Waals surface area contributed by atoms with Gasteiger partial charge in [0.2, 0.25) is 5.95 Å². The maximum Gasteiger partial charge on any atom is 0.225 e. The summed E-state index contributed by atoms with van der Waals surface area (Å²) in [4.78, 5) is 13.1. The fourth-order valence-corrected chi connectivity index (χ4v) is 5.55. The largest absolute Gasteiger partial charge is 0.347 e. The first-order chi connectivity index (χ1) is 10.3. The normalized spacial score (nSPS) is 26.8. The van der Waals surface area contributed by atoms with Gasteiger partial charge in [-0.2, -0.15) is 0 Å². The molecule has 1 aromatic rings. The summed E-state index contributed by atoms with van der Waals surface area (Å²) >= 11 is 0. The Labute approximate surface area is 132 Å². The van der Waals surface area contributed by atoms with Gasteiger partial charge < -0.3 is 9.80 Å². The number of likely N-dealkylation sites (tertiary alicyclic amines) is 1. The van der Waals surface area contributed by atoms with Gasteiger partial charge in [-0.05, 0) is 5.92 Å². The average molecular weight is 324 g/mol. The van der Waals surface area contributed by atoms with E-state index < -0.39 is 9.84 Å². The number of aromatic nitrogens is 2. The first-order valence-electron chi connectivity index (χ1n) is 7.75. The number of anilines is 1. The van der Waals surface area contributed by atoms with Crippen molar-refractivity contribution < 1.29 is 8.42 Å². The number of sulfone groups is 1. The van der Waals surface area contributed by atoms with E-state index in [0.717, 1.165) is 24.3 Å². The van der Waals surface area contributed by atoms with Gasteiger partial charge in [-0.3, -0.25) is 0 Å². The Balaban J connectivity index is 1.99. The van der Waals surface area contributed by atoms with Crippen molar-refractivity contribution in [1.82, 2.24) is 14.9 Å². The van der Waals surface area contributed by atoms with Crippen LogP contribution < -0.4 is 4.90 Å².